The highest BCUT2D eigenvalue weighted by molar-refractivity contribution is 7.87. The largest absolute Gasteiger partial charge is 0.523 e. The third-order valence-corrected chi connectivity index (χ3v) is 10.1. The Morgan fingerprint density at radius 1 is 1.17 bits per heavy atom. The van der Waals surface area contributed by atoms with E-state index in [0.717, 1.165) is 24.6 Å². The monoisotopic (exact) mass is 378 g/mol. The lowest BCUT2D eigenvalue weighted by Crippen LogP contribution is -2.48. The van der Waals surface area contributed by atoms with E-state index in [-0.39, 0.29) is 0 Å². The minimum Gasteiger partial charge on any atom is -0.411 e. The molecule has 1 heterocycles. The zero-order valence-electron chi connectivity index (χ0n) is 13.7. The van der Waals surface area contributed by atoms with Gasteiger partial charge in [-0.25, -0.2) is 0 Å². The second kappa shape index (κ2) is 8.28. The van der Waals surface area contributed by atoms with Crippen LogP contribution >= 0.6 is 0 Å². The normalized spacial score (nSPS) is 23.9. The van der Waals surface area contributed by atoms with Gasteiger partial charge in [-0.1, -0.05) is 20.8 Å². The van der Waals surface area contributed by atoms with E-state index in [1.165, 1.54) is 0 Å². The van der Waals surface area contributed by atoms with Gasteiger partial charge in [-0.15, -0.1) is 0 Å². The zero-order chi connectivity index (χ0) is 17.7. The van der Waals surface area contributed by atoms with E-state index in [4.69, 9.17) is 9.16 Å². The van der Waals surface area contributed by atoms with Gasteiger partial charge in [0.05, 0.1) is 12.7 Å². The van der Waals surface area contributed by atoms with E-state index < -0.39 is 42.8 Å². The summed E-state index contributed by atoms with van der Waals surface area (Å²) in [6.07, 6.45) is 0.153. The van der Waals surface area contributed by atoms with E-state index in [9.17, 15) is 21.6 Å². The molecule has 1 aliphatic rings. The fourth-order valence-electron chi connectivity index (χ4n) is 2.65. The molecule has 1 saturated heterocycles. The molecule has 0 unspecified atom stereocenters. The van der Waals surface area contributed by atoms with Crippen LogP contribution in [0, 0.1) is 0 Å². The van der Waals surface area contributed by atoms with Crippen molar-refractivity contribution in [3.63, 3.8) is 0 Å². The number of rotatable bonds is 8. The van der Waals surface area contributed by atoms with Gasteiger partial charge in [0.25, 0.3) is 0 Å². The van der Waals surface area contributed by atoms with Crippen molar-refractivity contribution in [2.75, 3.05) is 13.2 Å². The molecule has 0 N–H and O–H groups in total. The standard InChI is InChI=1S/C13H25F3O5SSi/c1-4-23(5-2,6-3)21-11-8-7-9-19-12(11)10-20-22(17,18)13(14,15)16/h11-12H,4-10H2,1-3H3/t11-,12+/m0/s1. The van der Waals surface area contributed by atoms with Crippen LogP contribution in [0.2, 0.25) is 18.1 Å². The maximum absolute atomic E-state index is 12.3. The zero-order valence-corrected chi connectivity index (χ0v) is 15.5. The molecular formula is C13H25F3O5SSi. The molecule has 0 bridgehead atoms. The first-order chi connectivity index (χ1) is 10.6. The molecule has 0 aromatic carbocycles. The van der Waals surface area contributed by atoms with Crippen LogP contribution in [-0.4, -0.2) is 47.7 Å². The van der Waals surface area contributed by atoms with Crippen molar-refractivity contribution in [1.29, 1.82) is 0 Å². The van der Waals surface area contributed by atoms with Crippen molar-refractivity contribution in [2.45, 2.75) is 69.5 Å². The number of hydrogen-bond acceptors (Lipinski definition) is 5. The van der Waals surface area contributed by atoms with E-state index in [2.05, 4.69) is 4.18 Å². The predicted molar refractivity (Wildman–Crippen MR) is 82.0 cm³/mol. The summed E-state index contributed by atoms with van der Waals surface area (Å²) >= 11 is 0. The van der Waals surface area contributed by atoms with Crippen molar-refractivity contribution in [3.05, 3.63) is 0 Å². The fraction of sp³-hybridized carbons (Fsp3) is 1.00. The van der Waals surface area contributed by atoms with E-state index >= 15 is 0 Å². The van der Waals surface area contributed by atoms with Gasteiger partial charge in [-0.3, -0.25) is 4.18 Å². The Kier molecular flexibility index (Phi) is 7.52. The van der Waals surface area contributed by atoms with Crippen LogP contribution in [0.25, 0.3) is 0 Å². The van der Waals surface area contributed by atoms with Crippen molar-refractivity contribution in [2.24, 2.45) is 0 Å². The summed E-state index contributed by atoms with van der Waals surface area (Å²) in [5, 5.41) is 0. The summed E-state index contributed by atoms with van der Waals surface area (Å²) in [5.41, 5.74) is -5.42. The highest BCUT2D eigenvalue weighted by Crippen LogP contribution is 2.30. The lowest BCUT2D eigenvalue weighted by atomic mass is 10.1. The maximum atomic E-state index is 12.3. The Morgan fingerprint density at radius 2 is 1.74 bits per heavy atom. The average Bonchev–Trinajstić information content (AvgIpc) is 2.51. The van der Waals surface area contributed by atoms with Gasteiger partial charge in [0, 0.05) is 6.61 Å². The maximum Gasteiger partial charge on any atom is 0.523 e. The summed E-state index contributed by atoms with van der Waals surface area (Å²) in [7, 11) is -7.57. The van der Waals surface area contributed by atoms with Crippen LogP contribution < -0.4 is 0 Å². The fourth-order valence-corrected chi connectivity index (χ4v) is 6.01. The Labute approximate surface area is 136 Å². The Balaban J connectivity index is 2.76. The molecule has 1 fully saturated rings. The molecule has 138 valence electrons. The lowest BCUT2D eigenvalue weighted by Gasteiger charge is -2.39. The van der Waals surface area contributed by atoms with Crippen molar-refractivity contribution in [3.8, 4) is 0 Å². The molecule has 1 aliphatic heterocycles. The highest BCUT2D eigenvalue weighted by Gasteiger charge is 2.48. The molecule has 0 saturated carbocycles. The highest BCUT2D eigenvalue weighted by atomic mass is 32.2. The minimum absolute atomic E-state index is 0.360. The van der Waals surface area contributed by atoms with E-state index in [1.807, 2.05) is 20.8 Å². The summed E-state index contributed by atoms with van der Waals surface area (Å²) < 4.78 is 74.9. The van der Waals surface area contributed by atoms with E-state index in [1.54, 1.807) is 0 Å². The summed E-state index contributed by atoms with van der Waals surface area (Å²) in [6, 6.07) is 2.68. The van der Waals surface area contributed by atoms with E-state index in [0.29, 0.717) is 13.0 Å². The van der Waals surface area contributed by atoms with Crippen molar-refractivity contribution < 1.29 is 34.9 Å². The first-order valence-electron chi connectivity index (χ1n) is 7.86. The van der Waals surface area contributed by atoms with Crippen molar-refractivity contribution in [1.82, 2.24) is 0 Å². The van der Waals surface area contributed by atoms with Gasteiger partial charge in [0.15, 0.2) is 8.32 Å². The number of hydrogen-bond donors (Lipinski definition) is 0. The Bertz CT molecular complexity index is 456. The first-order valence-corrected chi connectivity index (χ1v) is 11.8. The second-order valence-corrected chi connectivity index (χ2v) is 12.0. The van der Waals surface area contributed by atoms with Gasteiger partial charge >= 0.3 is 15.6 Å². The Hall–Kier alpha value is -0.163. The molecular weight excluding hydrogens is 353 g/mol. The minimum atomic E-state index is -5.61. The van der Waals surface area contributed by atoms with Gasteiger partial charge in [0.1, 0.15) is 6.10 Å². The molecule has 0 amide bonds. The van der Waals surface area contributed by atoms with Crippen LogP contribution in [0.4, 0.5) is 13.2 Å². The predicted octanol–water partition coefficient (Wildman–Crippen LogP) is 3.42. The van der Waals surface area contributed by atoms with Crippen LogP contribution in [0.3, 0.4) is 0 Å². The second-order valence-electron chi connectivity index (χ2n) is 5.64. The summed E-state index contributed by atoms with van der Waals surface area (Å²) in [6.45, 7) is 5.82. The lowest BCUT2D eigenvalue weighted by molar-refractivity contribution is -0.0916. The van der Waals surface area contributed by atoms with Gasteiger partial charge in [-0.05, 0) is 31.0 Å². The molecule has 23 heavy (non-hydrogen) atoms. The summed E-state index contributed by atoms with van der Waals surface area (Å²) in [5.74, 6) is 0. The van der Waals surface area contributed by atoms with Crippen LogP contribution in [0.15, 0.2) is 0 Å². The van der Waals surface area contributed by atoms with Crippen LogP contribution in [0.5, 0.6) is 0 Å². The third kappa shape index (κ3) is 5.41. The number of alkyl halides is 3. The molecule has 2 atom stereocenters. The number of halogens is 3. The van der Waals surface area contributed by atoms with Crippen LogP contribution in [-0.2, 0) is 23.5 Å². The van der Waals surface area contributed by atoms with Gasteiger partial charge in [0.2, 0.25) is 0 Å². The molecule has 0 spiro atoms. The molecule has 0 aromatic rings. The molecule has 1 rings (SSSR count). The molecule has 0 radical (unpaired) electrons. The SMILES string of the molecule is CC[Si](CC)(CC)O[C@H]1CCCO[C@@H]1COS(=O)(=O)C(F)(F)F. The first kappa shape index (κ1) is 20.9. The third-order valence-electron chi connectivity index (χ3n) is 4.38. The Morgan fingerprint density at radius 3 is 2.22 bits per heavy atom. The number of ether oxygens (including phenoxy) is 1. The average molecular weight is 378 g/mol. The molecule has 0 aliphatic carbocycles. The quantitative estimate of drug-likeness (QED) is 0.368. The molecule has 5 nitrogen and oxygen atoms in total. The van der Waals surface area contributed by atoms with Gasteiger partial charge in [-0.2, -0.15) is 21.6 Å². The van der Waals surface area contributed by atoms with Crippen LogP contribution in [0.1, 0.15) is 33.6 Å². The summed E-state index contributed by atoms with van der Waals surface area (Å²) in [4.78, 5) is 0. The van der Waals surface area contributed by atoms with Crippen molar-refractivity contribution >= 4 is 18.4 Å². The topological polar surface area (TPSA) is 61.8 Å². The van der Waals surface area contributed by atoms with Gasteiger partial charge < -0.3 is 9.16 Å². The molecule has 0 aromatic heterocycles. The smallest absolute Gasteiger partial charge is 0.411 e. The molecule has 10 heteroatoms.